The summed E-state index contributed by atoms with van der Waals surface area (Å²) in [4.78, 5) is 11.0. The molecule has 2 fully saturated rings. The highest BCUT2D eigenvalue weighted by atomic mass is 16.6. The monoisotopic (exact) mass is 449 g/mol. The number of fused-ring (bicyclic) bond motifs is 3. The van der Waals surface area contributed by atoms with Gasteiger partial charge in [-0.3, -0.25) is 4.90 Å². The van der Waals surface area contributed by atoms with Crippen LogP contribution in [0.3, 0.4) is 0 Å². The molecule has 1 aliphatic carbocycles. The molecule has 3 aliphatic rings. The molecule has 0 amide bonds. The molecule has 3 heterocycles. The molecule has 8 nitrogen and oxygen atoms in total. The van der Waals surface area contributed by atoms with Gasteiger partial charge in [-0.1, -0.05) is 6.07 Å². The molecular formula is C25H27N3O5. The minimum absolute atomic E-state index is 0.531. The fraction of sp³-hybridized carbons (Fsp3) is 0.440. The number of ether oxygens (including phenoxy) is 4. The number of methoxy groups -OCH3 is 1. The van der Waals surface area contributed by atoms with Gasteiger partial charge in [0.2, 0.25) is 5.88 Å². The normalized spacial score (nSPS) is 24.4. The average Bonchev–Trinajstić information content (AvgIpc) is 3.31. The second-order valence-electron chi connectivity index (χ2n) is 9.00. The Hall–Kier alpha value is -3.10. The largest absolute Gasteiger partial charge is 0.497 e. The van der Waals surface area contributed by atoms with E-state index in [-0.39, 0.29) is 0 Å². The van der Waals surface area contributed by atoms with Crippen molar-refractivity contribution in [1.82, 2.24) is 14.9 Å². The topological polar surface area (TPSA) is 86.2 Å². The Bertz CT molecular complexity index is 1160. The molecule has 0 bridgehead atoms. The minimum Gasteiger partial charge on any atom is -0.497 e. The van der Waals surface area contributed by atoms with Crippen molar-refractivity contribution in [3.05, 3.63) is 48.3 Å². The molecule has 1 aromatic heterocycles. The zero-order valence-electron chi connectivity index (χ0n) is 18.5. The van der Waals surface area contributed by atoms with Gasteiger partial charge >= 0.3 is 0 Å². The Morgan fingerprint density at radius 1 is 1.06 bits per heavy atom. The molecule has 0 spiro atoms. The van der Waals surface area contributed by atoms with E-state index in [1.807, 2.05) is 36.4 Å². The van der Waals surface area contributed by atoms with Gasteiger partial charge in [0.15, 0.2) is 11.5 Å². The van der Waals surface area contributed by atoms with Crippen LogP contribution in [0.15, 0.2) is 42.7 Å². The number of aliphatic hydroxyl groups excluding tert-OH is 1. The fourth-order valence-electron chi connectivity index (χ4n) is 5.18. The first-order valence-electron chi connectivity index (χ1n) is 11.4. The molecule has 3 aromatic rings. The van der Waals surface area contributed by atoms with Gasteiger partial charge in [-0.05, 0) is 47.7 Å². The van der Waals surface area contributed by atoms with Gasteiger partial charge in [-0.15, -0.1) is 0 Å². The van der Waals surface area contributed by atoms with Gasteiger partial charge in [0.25, 0.3) is 0 Å². The van der Waals surface area contributed by atoms with E-state index in [0.29, 0.717) is 55.7 Å². The van der Waals surface area contributed by atoms with E-state index in [1.54, 1.807) is 13.4 Å². The summed E-state index contributed by atoms with van der Waals surface area (Å²) < 4.78 is 22.7. The number of nitrogens with zero attached hydrogens (tertiary/aromatic N) is 3. The standard InChI is InChI=1S/C25H27N3O5/c1-30-16-3-4-21-17(9-16)25(27-14-26-21)33-13-20-18-10-28(11-19(18)20)12-22(29)15-2-5-23-24(8-15)32-7-6-31-23/h2-5,8-9,14,18-20,22,29H,6-7,10-13H2,1H3/t18-,19+,20+,22?. The molecule has 2 aromatic carbocycles. The quantitative estimate of drug-likeness (QED) is 0.589. The van der Waals surface area contributed by atoms with Crippen molar-refractivity contribution in [3.63, 3.8) is 0 Å². The van der Waals surface area contributed by atoms with Crippen LogP contribution in [0.4, 0.5) is 0 Å². The van der Waals surface area contributed by atoms with E-state index < -0.39 is 6.10 Å². The summed E-state index contributed by atoms with van der Waals surface area (Å²) in [6, 6.07) is 11.4. The number of rotatable bonds is 7. The van der Waals surface area contributed by atoms with E-state index >= 15 is 0 Å². The average molecular weight is 450 g/mol. The van der Waals surface area contributed by atoms with Crippen molar-refractivity contribution in [2.45, 2.75) is 6.10 Å². The number of hydrogen-bond donors (Lipinski definition) is 1. The van der Waals surface area contributed by atoms with Crippen LogP contribution >= 0.6 is 0 Å². The SMILES string of the molecule is COc1ccc2ncnc(OC[C@@H]3[C@H]4CN(CC(O)c5ccc6c(c5)OCCO6)C[C@@H]34)c2c1. The number of piperidine rings is 1. The number of likely N-dealkylation sites (tertiary alicyclic amines) is 1. The Morgan fingerprint density at radius 3 is 2.70 bits per heavy atom. The molecule has 6 rings (SSSR count). The highest BCUT2D eigenvalue weighted by molar-refractivity contribution is 5.84. The number of β-amino-alcohol motifs (C(OH)–C–C–N with tert-alkyl or cyclic N) is 1. The summed E-state index contributed by atoms with van der Waals surface area (Å²) in [5.41, 5.74) is 1.71. The van der Waals surface area contributed by atoms with Gasteiger partial charge in [0.1, 0.15) is 25.3 Å². The third kappa shape index (κ3) is 3.94. The Morgan fingerprint density at radius 2 is 1.88 bits per heavy atom. The van der Waals surface area contributed by atoms with Gasteiger partial charge in [0.05, 0.1) is 30.7 Å². The fourth-order valence-corrected chi connectivity index (χ4v) is 5.18. The van der Waals surface area contributed by atoms with Crippen molar-refractivity contribution >= 4 is 10.9 Å². The van der Waals surface area contributed by atoms with Crippen LogP contribution in [0.25, 0.3) is 10.9 Å². The van der Waals surface area contributed by atoms with Crippen LogP contribution < -0.4 is 18.9 Å². The van der Waals surface area contributed by atoms with Crippen molar-refractivity contribution in [3.8, 4) is 23.1 Å². The van der Waals surface area contributed by atoms with E-state index in [4.69, 9.17) is 18.9 Å². The van der Waals surface area contributed by atoms with Crippen molar-refractivity contribution in [2.75, 3.05) is 46.6 Å². The summed E-state index contributed by atoms with van der Waals surface area (Å²) in [7, 11) is 1.65. The maximum absolute atomic E-state index is 10.8. The van der Waals surface area contributed by atoms with Crippen molar-refractivity contribution in [1.29, 1.82) is 0 Å². The second kappa shape index (κ2) is 8.35. The van der Waals surface area contributed by atoms with Crippen molar-refractivity contribution in [2.24, 2.45) is 17.8 Å². The third-order valence-corrected chi connectivity index (χ3v) is 7.05. The zero-order chi connectivity index (χ0) is 22.4. The van der Waals surface area contributed by atoms with Gasteiger partial charge in [-0.25, -0.2) is 9.97 Å². The molecule has 1 unspecified atom stereocenters. The van der Waals surface area contributed by atoms with Crippen LogP contribution in [-0.4, -0.2) is 66.5 Å². The Balaban J connectivity index is 1.03. The zero-order valence-corrected chi connectivity index (χ0v) is 18.5. The molecule has 8 heteroatoms. The molecule has 1 N–H and O–H groups in total. The Kier molecular flexibility index (Phi) is 5.19. The third-order valence-electron chi connectivity index (χ3n) is 7.05. The maximum atomic E-state index is 10.8. The second-order valence-corrected chi connectivity index (χ2v) is 9.00. The van der Waals surface area contributed by atoms with E-state index in [1.165, 1.54) is 0 Å². The van der Waals surface area contributed by atoms with Crippen LogP contribution in [0.5, 0.6) is 23.1 Å². The van der Waals surface area contributed by atoms with Crippen LogP contribution in [0.2, 0.25) is 0 Å². The number of aromatic nitrogens is 2. The number of benzene rings is 2. The molecular weight excluding hydrogens is 422 g/mol. The molecule has 33 heavy (non-hydrogen) atoms. The van der Waals surface area contributed by atoms with Crippen LogP contribution in [-0.2, 0) is 0 Å². The predicted octanol–water partition coefficient (Wildman–Crippen LogP) is 2.70. The first-order chi connectivity index (χ1) is 16.2. The Labute approximate surface area is 192 Å². The summed E-state index contributed by atoms with van der Waals surface area (Å²) in [5.74, 6) is 4.59. The van der Waals surface area contributed by atoms with E-state index in [2.05, 4.69) is 14.9 Å². The van der Waals surface area contributed by atoms with E-state index in [0.717, 1.165) is 41.1 Å². The minimum atomic E-state index is -0.546. The lowest BCUT2D eigenvalue weighted by Crippen LogP contribution is -2.30. The highest BCUT2D eigenvalue weighted by Crippen LogP contribution is 2.52. The molecule has 2 aliphatic heterocycles. The molecule has 4 atom stereocenters. The summed E-state index contributed by atoms with van der Waals surface area (Å²) in [6.07, 6.45) is 0.995. The van der Waals surface area contributed by atoms with Gasteiger partial charge in [-0.2, -0.15) is 0 Å². The highest BCUT2D eigenvalue weighted by Gasteiger charge is 2.55. The maximum Gasteiger partial charge on any atom is 0.224 e. The van der Waals surface area contributed by atoms with Gasteiger partial charge < -0.3 is 24.1 Å². The van der Waals surface area contributed by atoms with E-state index in [9.17, 15) is 5.11 Å². The van der Waals surface area contributed by atoms with Crippen molar-refractivity contribution < 1.29 is 24.1 Å². The number of aliphatic hydroxyl groups is 1. The van der Waals surface area contributed by atoms with Crippen LogP contribution in [0, 0.1) is 17.8 Å². The first kappa shape index (κ1) is 20.5. The van der Waals surface area contributed by atoms with Gasteiger partial charge in [0, 0.05) is 25.6 Å². The van der Waals surface area contributed by atoms with Crippen LogP contribution in [0.1, 0.15) is 11.7 Å². The molecule has 172 valence electrons. The summed E-state index contributed by atoms with van der Waals surface area (Å²) >= 11 is 0. The number of hydrogen-bond acceptors (Lipinski definition) is 8. The molecule has 0 radical (unpaired) electrons. The first-order valence-corrected chi connectivity index (χ1v) is 11.4. The summed E-state index contributed by atoms with van der Waals surface area (Å²) in [6.45, 7) is 4.35. The lowest BCUT2D eigenvalue weighted by molar-refractivity contribution is 0.113. The molecule has 1 saturated heterocycles. The lowest BCUT2D eigenvalue weighted by atomic mass is 10.1. The lowest BCUT2D eigenvalue weighted by Gasteiger charge is -2.24. The molecule has 1 saturated carbocycles. The predicted molar refractivity (Wildman–Crippen MR) is 121 cm³/mol. The summed E-state index contributed by atoms with van der Waals surface area (Å²) in [5, 5.41) is 11.6. The smallest absolute Gasteiger partial charge is 0.224 e.